The average molecular weight is 471 g/mol. The zero-order valence-electron chi connectivity index (χ0n) is 17.1. The number of rotatable bonds is 6. The molecule has 0 unspecified atom stereocenters. The van der Waals surface area contributed by atoms with Gasteiger partial charge in [0, 0.05) is 24.8 Å². The van der Waals surface area contributed by atoms with Gasteiger partial charge < -0.3 is 10.1 Å². The van der Waals surface area contributed by atoms with Crippen LogP contribution in [-0.2, 0) is 14.8 Å². The number of sulfonamides is 1. The SMILES string of the molecule is O=C(Nc1cccc(OC(=O)C2CCN(S(=O)(=O)c3ccccc3)CC2)c1)c1cccs1. The third kappa shape index (κ3) is 5.07. The van der Waals surface area contributed by atoms with Crippen LogP contribution in [0.15, 0.2) is 77.0 Å². The summed E-state index contributed by atoms with van der Waals surface area (Å²) >= 11 is 1.34. The second-order valence-corrected chi connectivity index (χ2v) is 10.3. The number of nitrogens with zero attached hydrogens (tertiary/aromatic N) is 1. The van der Waals surface area contributed by atoms with E-state index < -0.39 is 16.0 Å². The fourth-order valence-corrected chi connectivity index (χ4v) is 5.62. The van der Waals surface area contributed by atoms with Gasteiger partial charge in [0.15, 0.2) is 0 Å². The lowest BCUT2D eigenvalue weighted by Crippen LogP contribution is -2.41. The summed E-state index contributed by atoms with van der Waals surface area (Å²) in [5, 5.41) is 4.61. The van der Waals surface area contributed by atoms with Crippen molar-refractivity contribution in [1.29, 1.82) is 0 Å². The maximum absolute atomic E-state index is 12.7. The number of amides is 1. The summed E-state index contributed by atoms with van der Waals surface area (Å²) in [4.78, 5) is 25.7. The Balaban J connectivity index is 1.34. The molecule has 32 heavy (non-hydrogen) atoms. The van der Waals surface area contributed by atoms with Gasteiger partial charge in [-0.15, -0.1) is 11.3 Å². The van der Waals surface area contributed by atoms with Gasteiger partial charge >= 0.3 is 5.97 Å². The molecule has 0 radical (unpaired) electrons. The van der Waals surface area contributed by atoms with Crippen LogP contribution in [0.1, 0.15) is 22.5 Å². The van der Waals surface area contributed by atoms with Crippen molar-refractivity contribution >= 4 is 38.9 Å². The Morgan fingerprint density at radius 2 is 1.72 bits per heavy atom. The van der Waals surface area contributed by atoms with E-state index in [4.69, 9.17) is 4.74 Å². The van der Waals surface area contributed by atoms with Gasteiger partial charge in [0.05, 0.1) is 15.7 Å². The van der Waals surface area contributed by atoms with E-state index in [0.717, 1.165) is 0 Å². The highest BCUT2D eigenvalue weighted by Gasteiger charge is 2.33. The van der Waals surface area contributed by atoms with Gasteiger partial charge in [0.25, 0.3) is 5.91 Å². The predicted molar refractivity (Wildman–Crippen MR) is 122 cm³/mol. The number of nitrogens with one attached hydrogen (secondary N) is 1. The van der Waals surface area contributed by atoms with Crippen molar-refractivity contribution in [1.82, 2.24) is 4.31 Å². The number of anilines is 1. The van der Waals surface area contributed by atoms with Crippen LogP contribution in [0.4, 0.5) is 5.69 Å². The first-order chi connectivity index (χ1) is 15.4. The molecule has 0 atom stereocenters. The molecular weight excluding hydrogens is 448 g/mol. The number of hydrogen-bond acceptors (Lipinski definition) is 6. The standard InChI is InChI=1S/C23H22N2O5S2/c26-22(21-10-5-15-31-21)24-18-6-4-7-19(16-18)30-23(27)17-11-13-25(14-12-17)32(28,29)20-8-2-1-3-9-20/h1-10,15-17H,11-14H2,(H,24,26). The number of carbonyl (C=O) groups is 2. The molecule has 1 saturated heterocycles. The van der Waals surface area contributed by atoms with Gasteiger partial charge in [0.1, 0.15) is 5.75 Å². The molecule has 1 N–H and O–H groups in total. The summed E-state index contributed by atoms with van der Waals surface area (Å²) in [6, 6.07) is 18.5. The molecule has 1 amide bonds. The smallest absolute Gasteiger partial charge is 0.314 e. The molecule has 4 rings (SSSR count). The Morgan fingerprint density at radius 1 is 0.969 bits per heavy atom. The number of esters is 1. The van der Waals surface area contributed by atoms with Crippen LogP contribution in [0.5, 0.6) is 5.75 Å². The van der Waals surface area contributed by atoms with Crippen LogP contribution in [-0.4, -0.2) is 37.7 Å². The quantitative estimate of drug-likeness (QED) is 0.434. The molecular formula is C23H22N2O5S2. The van der Waals surface area contributed by atoms with Gasteiger partial charge in [-0.1, -0.05) is 30.3 Å². The summed E-state index contributed by atoms with van der Waals surface area (Å²) in [6.45, 7) is 0.516. The topological polar surface area (TPSA) is 92.8 Å². The van der Waals surface area contributed by atoms with Crippen molar-refractivity contribution in [3.8, 4) is 5.75 Å². The minimum atomic E-state index is -3.56. The summed E-state index contributed by atoms with van der Waals surface area (Å²) in [7, 11) is -3.56. The number of hydrogen-bond donors (Lipinski definition) is 1. The third-order valence-corrected chi connectivity index (χ3v) is 8.01. The lowest BCUT2D eigenvalue weighted by Gasteiger charge is -2.30. The van der Waals surface area contributed by atoms with Crippen molar-refractivity contribution < 1.29 is 22.7 Å². The highest BCUT2D eigenvalue weighted by Crippen LogP contribution is 2.26. The monoisotopic (exact) mass is 470 g/mol. The van der Waals surface area contributed by atoms with Crippen LogP contribution in [0.3, 0.4) is 0 Å². The molecule has 0 aliphatic carbocycles. The normalized spacial score (nSPS) is 15.2. The Bertz CT molecular complexity index is 1190. The molecule has 2 aromatic carbocycles. The first-order valence-electron chi connectivity index (χ1n) is 10.2. The van der Waals surface area contributed by atoms with Gasteiger partial charge in [-0.25, -0.2) is 8.42 Å². The van der Waals surface area contributed by atoms with E-state index in [2.05, 4.69) is 5.32 Å². The maximum Gasteiger partial charge on any atom is 0.314 e. The molecule has 2 heterocycles. The van der Waals surface area contributed by atoms with Crippen LogP contribution >= 0.6 is 11.3 Å². The zero-order valence-corrected chi connectivity index (χ0v) is 18.8. The first kappa shape index (κ1) is 22.2. The minimum Gasteiger partial charge on any atom is -0.426 e. The lowest BCUT2D eigenvalue weighted by molar-refractivity contribution is -0.140. The molecule has 166 valence electrons. The van der Waals surface area contributed by atoms with E-state index in [1.54, 1.807) is 66.7 Å². The van der Waals surface area contributed by atoms with E-state index in [9.17, 15) is 18.0 Å². The molecule has 0 bridgehead atoms. The van der Waals surface area contributed by atoms with Crippen LogP contribution in [0.25, 0.3) is 0 Å². The van der Waals surface area contributed by atoms with E-state index >= 15 is 0 Å². The van der Waals surface area contributed by atoms with Gasteiger partial charge in [0.2, 0.25) is 10.0 Å². The second-order valence-electron chi connectivity index (χ2n) is 7.37. The van der Waals surface area contributed by atoms with Crippen molar-refractivity contribution in [3.05, 3.63) is 77.0 Å². The largest absolute Gasteiger partial charge is 0.426 e. The van der Waals surface area contributed by atoms with Crippen molar-refractivity contribution in [2.75, 3.05) is 18.4 Å². The Labute approximate surface area is 190 Å². The molecule has 0 spiro atoms. The number of piperidine rings is 1. The molecule has 1 fully saturated rings. The first-order valence-corrected chi connectivity index (χ1v) is 12.5. The molecule has 1 aliphatic heterocycles. The molecule has 3 aromatic rings. The Hall–Kier alpha value is -3.01. The number of thiophene rings is 1. The van der Waals surface area contributed by atoms with Crippen LogP contribution in [0.2, 0.25) is 0 Å². The minimum absolute atomic E-state index is 0.226. The second kappa shape index (κ2) is 9.64. The fraction of sp³-hybridized carbons (Fsp3) is 0.217. The highest BCUT2D eigenvalue weighted by atomic mass is 32.2. The Morgan fingerprint density at radius 3 is 2.41 bits per heavy atom. The van der Waals surface area contributed by atoms with E-state index in [1.807, 2.05) is 5.38 Å². The number of benzene rings is 2. The summed E-state index contributed by atoms with van der Waals surface area (Å²) < 4.78 is 32.4. The molecule has 7 nitrogen and oxygen atoms in total. The van der Waals surface area contributed by atoms with Crippen molar-refractivity contribution in [3.63, 3.8) is 0 Å². The molecule has 1 aliphatic rings. The zero-order chi connectivity index (χ0) is 22.6. The maximum atomic E-state index is 12.7. The van der Waals surface area contributed by atoms with E-state index in [1.165, 1.54) is 15.6 Å². The predicted octanol–water partition coefficient (Wildman–Crippen LogP) is 4.01. The number of carbonyl (C=O) groups excluding carboxylic acids is 2. The number of ether oxygens (including phenoxy) is 1. The van der Waals surface area contributed by atoms with Crippen LogP contribution < -0.4 is 10.1 Å². The molecule has 9 heteroatoms. The summed E-state index contributed by atoms with van der Waals surface area (Å²) in [6.07, 6.45) is 0.777. The van der Waals surface area contributed by atoms with Gasteiger partial charge in [-0.3, -0.25) is 9.59 Å². The van der Waals surface area contributed by atoms with Crippen molar-refractivity contribution in [2.45, 2.75) is 17.7 Å². The van der Waals surface area contributed by atoms with Crippen LogP contribution in [0, 0.1) is 5.92 Å². The lowest BCUT2D eigenvalue weighted by atomic mass is 9.98. The summed E-state index contributed by atoms with van der Waals surface area (Å²) in [5.74, 6) is -0.682. The fourth-order valence-electron chi connectivity index (χ4n) is 3.51. The van der Waals surface area contributed by atoms with E-state index in [0.29, 0.717) is 29.2 Å². The van der Waals surface area contributed by atoms with Gasteiger partial charge in [-0.05, 0) is 48.6 Å². The summed E-state index contributed by atoms with van der Waals surface area (Å²) in [5.41, 5.74) is 0.525. The molecule has 0 saturated carbocycles. The third-order valence-electron chi connectivity index (χ3n) is 5.22. The highest BCUT2D eigenvalue weighted by molar-refractivity contribution is 7.89. The van der Waals surface area contributed by atoms with Crippen molar-refractivity contribution in [2.24, 2.45) is 5.92 Å². The molecule has 1 aromatic heterocycles. The van der Waals surface area contributed by atoms with E-state index in [-0.39, 0.29) is 29.8 Å². The Kier molecular flexibility index (Phi) is 6.69. The average Bonchev–Trinajstić information content (AvgIpc) is 3.35. The van der Waals surface area contributed by atoms with Gasteiger partial charge in [-0.2, -0.15) is 4.31 Å².